The summed E-state index contributed by atoms with van der Waals surface area (Å²) in [6.07, 6.45) is 4.89. The van der Waals surface area contributed by atoms with Gasteiger partial charge in [-0.1, -0.05) is 11.6 Å². The van der Waals surface area contributed by atoms with Crippen LogP contribution in [-0.4, -0.2) is 31.7 Å². The Bertz CT molecular complexity index is 133. The first kappa shape index (κ1) is 7.80. The molecule has 0 aromatic rings. The Hall–Kier alpha value is -0.300. The van der Waals surface area contributed by atoms with E-state index in [1.54, 1.807) is 5.57 Å². The van der Waals surface area contributed by atoms with Crippen LogP contribution in [0.3, 0.4) is 0 Å². The fraction of sp³-hybridized carbons (Fsp3) is 0.778. The lowest BCUT2D eigenvalue weighted by Gasteiger charge is -2.34. The van der Waals surface area contributed by atoms with Crippen molar-refractivity contribution in [2.75, 3.05) is 27.2 Å². The molecule has 0 saturated carbocycles. The summed E-state index contributed by atoms with van der Waals surface area (Å²) in [4.78, 5) is 0. The molecule has 1 heterocycles. The molecule has 0 radical (unpaired) electrons. The summed E-state index contributed by atoms with van der Waals surface area (Å²) < 4.78 is 1.21. The van der Waals surface area contributed by atoms with Crippen LogP contribution < -0.4 is 0 Å². The number of rotatable bonds is 0. The minimum atomic E-state index is 1.21. The molecule has 0 aliphatic carbocycles. The highest BCUT2D eigenvalue weighted by atomic mass is 15.3. The molecule has 0 N–H and O–H groups in total. The van der Waals surface area contributed by atoms with Crippen molar-refractivity contribution in [1.29, 1.82) is 0 Å². The maximum Gasteiger partial charge on any atom is 0.0820 e. The van der Waals surface area contributed by atoms with Gasteiger partial charge in [0.15, 0.2) is 0 Å². The fourth-order valence-electron chi connectivity index (χ4n) is 1.42. The quantitative estimate of drug-likeness (QED) is 0.355. The molecule has 1 saturated heterocycles. The second kappa shape index (κ2) is 2.75. The highest BCUT2D eigenvalue weighted by Gasteiger charge is 2.20. The van der Waals surface area contributed by atoms with Crippen LogP contribution in [0.25, 0.3) is 0 Å². The normalized spacial score (nSPS) is 24.5. The number of hydrogen-bond acceptors (Lipinski definition) is 0. The third kappa shape index (κ3) is 1.84. The van der Waals surface area contributed by atoms with Gasteiger partial charge in [-0.15, -0.1) is 0 Å². The molecule has 0 amide bonds. The minimum Gasteiger partial charge on any atom is -0.328 e. The van der Waals surface area contributed by atoms with Crippen molar-refractivity contribution < 1.29 is 4.48 Å². The third-order valence-corrected chi connectivity index (χ3v) is 2.48. The summed E-state index contributed by atoms with van der Waals surface area (Å²) in [6, 6.07) is 0. The highest BCUT2D eigenvalue weighted by Crippen LogP contribution is 2.18. The Kier molecular flexibility index (Phi) is 2.14. The van der Waals surface area contributed by atoms with Crippen LogP contribution in [0.2, 0.25) is 0 Å². The van der Waals surface area contributed by atoms with E-state index in [-0.39, 0.29) is 0 Å². The van der Waals surface area contributed by atoms with E-state index < -0.39 is 0 Å². The summed E-state index contributed by atoms with van der Waals surface area (Å²) in [5, 5.41) is 0. The Morgan fingerprint density at radius 2 is 1.70 bits per heavy atom. The van der Waals surface area contributed by atoms with Gasteiger partial charge in [0.2, 0.25) is 0 Å². The second-order valence-electron chi connectivity index (χ2n) is 3.83. The molecule has 1 heteroatoms. The summed E-state index contributed by atoms with van der Waals surface area (Å²) in [7, 11) is 4.62. The number of piperidine rings is 1. The fourth-order valence-corrected chi connectivity index (χ4v) is 1.42. The highest BCUT2D eigenvalue weighted by molar-refractivity contribution is 5.01. The van der Waals surface area contributed by atoms with Gasteiger partial charge in [0.1, 0.15) is 0 Å². The monoisotopic (exact) mass is 140 g/mol. The zero-order chi connectivity index (χ0) is 7.61. The van der Waals surface area contributed by atoms with Gasteiger partial charge in [0.05, 0.1) is 27.2 Å². The smallest absolute Gasteiger partial charge is 0.0820 e. The molecule has 0 spiro atoms. The maximum atomic E-state index is 2.31. The van der Waals surface area contributed by atoms with E-state index in [9.17, 15) is 0 Å². The summed E-state index contributed by atoms with van der Waals surface area (Å²) in [6.45, 7) is 4.79. The average molecular weight is 140 g/mol. The molecule has 1 rings (SSSR count). The van der Waals surface area contributed by atoms with Crippen molar-refractivity contribution in [1.82, 2.24) is 0 Å². The first-order chi connectivity index (χ1) is 4.64. The first-order valence-electron chi connectivity index (χ1n) is 4.10. The molecule has 0 atom stereocenters. The number of allylic oxidation sites excluding steroid dienone is 1. The predicted molar refractivity (Wildman–Crippen MR) is 44.8 cm³/mol. The standard InChI is InChI=1S/C9H18N/c1-4-9-5-7-10(2,3)8-6-9/h4H,5-8H2,1-3H3/q+1. The Labute approximate surface area is 63.9 Å². The second-order valence-corrected chi connectivity index (χ2v) is 3.83. The van der Waals surface area contributed by atoms with Crippen molar-refractivity contribution >= 4 is 0 Å². The third-order valence-electron chi connectivity index (χ3n) is 2.48. The van der Waals surface area contributed by atoms with Crippen LogP contribution in [0.5, 0.6) is 0 Å². The lowest BCUT2D eigenvalue weighted by Crippen LogP contribution is -2.44. The van der Waals surface area contributed by atoms with Crippen LogP contribution in [-0.2, 0) is 0 Å². The molecule has 0 unspecified atom stereocenters. The van der Waals surface area contributed by atoms with Crippen molar-refractivity contribution in [3.8, 4) is 0 Å². The zero-order valence-electron chi connectivity index (χ0n) is 7.35. The van der Waals surface area contributed by atoms with Gasteiger partial charge in [-0.25, -0.2) is 0 Å². The van der Waals surface area contributed by atoms with E-state index in [0.29, 0.717) is 0 Å². The molecule has 58 valence electrons. The van der Waals surface area contributed by atoms with Crippen LogP contribution in [0.4, 0.5) is 0 Å². The van der Waals surface area contributed by atoms with E-state index in [1.165, 1.54) is 30.4 Å². The van der Waals surface area contributed by atoms with E-state index in [2.05, 4.69) is 27.1 Å². The van der Waals surface area contributed by atoms with Crippen LogP contribution in [0.15, 0.2) is 11.6 Å². The van der Waals surface area contributed by atoms with Crippen molar-refractivity contribution in [2.45, 2.75) is 19.8 Å². The van der Waals surface area contributed by atoms with Gasteiger partial charge in [0, 0.05) is 12.8 Å². The molecule has 0 aromatic carbocycles. The maximum absolute atomic E-state index is 2.31. The number of hydrogen-bond donors (Lipinski definition) is 0. The number of quaternary nitrogens is 1. The van der Waals surface area contributed by atoms with E-state index in [0.717, 1.165) is 0 Å². The van der Waals surface area contributed by atoms with Gasteiger partial charge in [0.25, 0.3) is 0 Å². The van der Waals surface area contributed by atoms with E-state index in [1.807, 2.05) is 0 Å². The summed E-state index contributed by atoms with van der Waals surface area (Å²) in [5.74, 6) is 0. The van der Waals surface area contributed by atoms with Gasteiger partial charge in [-0.05, 0) is 6.92 Å². The van der Waals surface area contributed by atoms with Gasteiger partial charge in [-0.3, -0.25) is 0 Å². The lowest BCUT2D eigenvalue weighted by molar-refractivity contribution is -0.892. The zero-order valence-corrected chi connectivity index (χ0v) is 7.35. The van der Waals surface area contributed by atoms with Crippen LogP contribution in [0.1, 0.15) is 19.8 Å². The van der Waals surface area contributed by atoms with E-state index >= 15 is 0 Å². The molecule has 1 aliphatic heterocycles. The molecule has 1 aliphatic rings. The number of likely N-dealkylation sites (tertiary alicyclic amines) is 1. The number of nitrogens with zero attached hydrogens (tertiary/aromatic N) is 1. The van der Waals surface area contributed by atoms with Crippen LogP contribution in [0, 0.1) is 0 Å². The summed E-state index contributed by atoms with van der Waals surface area (Å²) in [5.41, 5.74) is 1.65. The van der Waals surface area contributed by atoms with Gasteiger partial charge in [-0.2, -0.15) is 0 Å². The lowest BCUT2D eigenvalue weighted by atomic mass is 10.0. The topological polar surface area (TPSA) is 0 Å². The molecule has 0 bridgehead atoms. The Morgan fingerprint density at radius 3 is 2.10 bits per heavy atom. The van der Waals surface area contributed by atoms with Gasteiger partial charge >= 0.3 is 0 Å². The van der Waals surface area contributed by atoms with Crippen molar-refractivity contribution in [3.63, 3.8) is 0 Å². The van der Waals surface area contributed by atoms with Gasteiger partial charge < -0.3 is 4.48 Å². The Balaban J connectivity index is 2.46. The molecular formula is C9H18N+. The molecule has 1 nitrogen and oxygen atoms in total. The largest absolute Gasteiger partial charge is 0.328 e. The SMILES string of the molecule is CC=C1CC[N+](C)(C)CC1. The molecular weight excluding hydrogens is 122 g/mol. The minimum absolute atomic E-state index is 1.21. The molecule has 10 heavy (non-hydrogen) atoms. The van der Waals surface area contributed by atoms with Crippen molar-refractivity contribution in [2.24, 2.45) is 0 Å². The first-order valence-corrected chi connectivity index (χ1v) is 4.10. The Morgan fingerprint density at radius 1 is 1.20 bits per heavy atom. The predicted octanol–water partition coefficient (Wildman–Crippen LogP) is 1.80. The summed E-state index contributed by atoms with van der Waals surface area (Å²) >= 11 is 0. The van der Waals surface area contributed by atoms with Crippen LogP contribution >= 0.6 is 0 Å². The van der Waals surface area contributed by atoms with Crippen molar-refractivity contribution in [3.05, 3.63) is 11.6 Å². The average Bonchev–Trinajstić information content (AvgIpc) is 1.88. The molecule has 0 aromatic heterocycles. The molecule has 1 fully saturated rings. The van der Waals surface area contributed by atoms with E-state index in [4.69, 9.17) is 0 Å².